The topological polar surface area (TPSA) is 30.7 Å². The van der Waals surface area contributed by atoms with E-state index in [1.807, 2.05) is 18.5 Å². The minimum Gasteiger partial charge on any atom is -0.249 e. The zero-order valence-corrected chi connectivity index (χ0v) is 9.51. The van der Waals surface area contributed by atoms with Gasteiger partial charge in [0, 0.05) is 0 Å². The summed E-state index contributed by atoms with van der Waals surface area (Å²) in [6.07, 6.45) is 3.27. The molecule has 80 valence electrons. The fourth-order valence-corrected chi connectivity index (χ4v) is 1.19. The molecule has 0 fully saturated rings. The van der Waals surface area contributed by atoms with Crippen LogP contribution in [0.25, 0.3) is 0 Å². The summed E-state index contributed by atoms with van der Waals surface area (Å²) in [5.74, 6) is 0. The van der Waals surface area contributed by atoms with Gasteiger partial charge < -0.3 is 0 Å². The molecule has 3 nitrogen and oxygen atoms in total. The number of nitrogens with zero attached hydrogens (tertiary/aromatic N) is 3. The second-order valence-corrected chi connectivity index (χ2v) is 3.08. The number of rotatable bonds is 2. The average Bonchev–Trinajstić information content (AvgIpc) is 2.77. The van der Waals surface area contributed by atoms with E-state index in [1.165, 1.54) is 11.1 Å². The molecule has 15 heavy (non-hydrogen) atoms. The summed E-state index contributed by atoms with van der Waals surface area (Å²) >= 11 is 0. The summed E-state index contributed by atoms with van der Waals surface area (Å²) in [5.41, 5.74) is 2.53. The quantitative estimate of drug-likeness (QED) is 0.751. The number of hydrogen-bond acceptors (Lipinski definition) is 2. The van der Waals surface area contributed by atoms with Gasteiger partial charge in [-0.2, -0.15) is 5.10 Å². The van der Waals surface area contributed by atoms with Gasteiger partial charge in [-0.15, -0.1) is 0 Å². The van der Waals surface area contributed by atoms with Gasteiger partial charge in [-0.3, -0.25) is 0 Å². The number of hydrogen-bond donors (Lipinski definition) is 0. The highest BCUT2D eigenvalue weighted by atomic mass is 15.3. The average molecular weight is 203 g/mol. The lowest BCUT2D eigenvalue weighted by atomic mass is 10.1. The Bertz CT molecular complexity index is 362. The third-order valence-electron chi connectivity index (χ3n) is 1.93. The van der Waals surface area contributed by atoms with Gasteiger partial charge in [0.05, 0.1) is 6.54 Å². The van der Waals surface area contributed by atoms with Crippen molar-refractivity contribution in [2.24, 2.45) is 0 Å². The summed E-state index contributed by atoms with van der Waals surface area (Å²) < 4.78 is 1.81. The predicted molar refractivity (Wildman–Crippen MR) is 61.7 cm³/mol. The highest BCUT2D eigenvalue weighted by molar-refractivity contribution is 5.21. The maximum absolute atomic E-state index is 4.04. The summed E-state index contributed by atoms with van der Waals surface area (Å²) in [5, 5.41) is 4.04. The van der Waals surface area contributed by atoms with Crippen molar-refractivity contribution in [2.45, 2.75) is 27.3 Å². The molecule has 0 aliphatic rings. The second-order valence-electron chi connectivity index (χ2n) is 3.08. The molecule has 2 rings (SSSR count). The molecule has 3 heteroatoms. The van der Waals surface area contributed by atoms with E-state index in [0.29, 0.717) is 0 Å². The van der Waals surface area contributed by atoms with Gasteiger partial charge in [0.2, 0.25) is 0 Å². The van der Waals surface area contributed by atoms with Crippen LogP contribution in [0.4, 0.5) is 0 Å². The van der Waals surface area contributed by atoms with E-state index in [-0.39, 0.29) is 0 Å². The fraction of sp³-hybridized carbons (Fsp3) is 0.333. The van der Waals surface area contributed by atoms with E-state index in [0.717, 1.165) is 6.54 Å². The summed E-state index contributed by atoms with van der Waals surface area (Å²) in [7, 11) is 0. The first-order valence-electron chi connectivity index (χ1n) is 5.22. The minimum atomic E-state index is 0.792. The van der Waals surface area contributed by atoms with Crippen LogP contribution in [0.5, 0.6) is 0 Å². The van der Waals surface area contributed by atoms with Crippen molar-refractivity contribution < 1.29 is 0 Å². The van der Waals surface area contributed by atoms with Gasteiger partial charge >= 0.3 is 0 Å². The molecule has 0 amide bonds. The molecule has 0 saturated carbocycles. The van der Waals surface area contributed by atoms with E-state index in [9.17, 15) is 0 Å². The summed E-state index contributed by atoms with van der Waals surface area (Å²) in [4.78, 5) is 3.89. The van der Waals surface area contributed by atoms with E-state index in [2.05, 4.69) is 41.3 Å². The van der Waals surface area contributed by atoms with Crippen LogP contribution in [0.3, 0.4) is 0 Å². The molecule has 0 radical (unpaired) electrons. The lowest BCUT2D eigenvalue weighted by Gasteiger charge is -2.00. The number of aryl methyl sites for hydroxylation is 1. The zero-order chi connectivity index (χ0) is 11.1. The SMILES string of the molecule is CC.Cc1ccc(Cn2cncn2)cc1. The van der Waals surface area contributed by atoms with Crippen molar-refractivity contribution in [1.82, 2.24) is 14.8 Å². The lowest BCUT2D eigenvalue weighted by Crippen LogP contribution is -1.99. The van der Waals surface area contributed by atoms with Crippen LogP contribution in [0.1, 0.15) is 25.0 Å². The largest absolute Gasteiger partial charge is 0.249 e. The number of benzene rings is 1. The van der Waals surface area contributed by atoms with E-state index in [4.69, 9.17) is 0 Å². The van der Waals surface area contributed by atoms with Gasteiger partial charge in [-0.1, -0.05) is 43.7 Å². The molecule has 0 aliphatic heterocycles. The molecule has 0 spiro atoms. The zero-order valence-electron chi connectivity index (χ0n) is 9.51. The van der Waals surface area contributed by atoms with E-state index >= 15 is 0 Å². The molecule has 0 aliphatic carbocycles. The van der Waals surface area contributed by atoms with Gasteiger partial charge in [-0.25, -0.2) is 9.67 Å². The second kappa shape index (κ2) is 5.96. The molecular formula is C12H17N3. The smallest absolute Gasteiger partial charge is 0.137 e. The highest BCUT2D eigenvalue weighted by Crippen LogP contribution is 2.03. The Balaban J connectivity index is 0.000000531. The van der Waals surface area contributed by atoms with Crippen molar-refractivity contribution in [3.05, 3.63) is 48.0 Å². The molecular weight excluding hydrogens is 186 g/mol. The van der Waals surface area contributed by atoms with E-state index in [1.54, 1.807) is 12.7 Å². The molecule has 0 N–H and O–H groups in total. The Morgan fingerprint density at radius 1 is 1.13 bits per heavy atom. The van der Waals surface area contributed by atoms with Gasteiger partial charge in [-0.05, 0) is 12.5 Å². The van der Waals surface area contributed by atoms with Gasteiger partial charge in [0.15, 0.2) is 0 Å². The van der Waals surface area contributed by atoms with Crippen molar-refractivity contribution in [1.29, 1.82) is 0 Å². The van der Waals surface area contributed by atoms with Crippen LogP contribution >= 0.6 is 0 Å². The fourth-order valence-electron chi connectivity index (χ4n) is 1.19. The Morgan fingerprint density at radius 3 is 2.33 bits per heavy atom. The Labute approximate surface area is 90.8 Å². The first-order chi connectivity index (χ1) is 7.34. The standard InChI is InChI=1S/C10H11N3.C2H6/c1-9-2-4-10(5-3-9)6-13-8-11-7-12-13;1-2/h2-5,7-8H,6H2,1H3;1-2H3. The highest BCUT2D eigenvalue weighted by Gasteiger charge is 1.94. The predicted octanol–water partition coefficient (Wildman–Crippen LogP) is 2.66. The monoisotopic (exact) mass is 203 g/mol. The molecule has 0 unspecified atom stereocenters. The van der Waals surface area contributed by atoms with Crippen LogP contribution in [0, 0.1) is 6.92 Å². The third kappa shape index (κ3) is 3.54. The minimum absolute atomic E-state index is 0.792. The summed E-state index contributed by atoms with van der Waals surface area (Å²) in [6.45, 7) is 6.87. The molecule has 1 heterocycles. The Hall–Kier alpha value is -1.64. The van der Waals surface area contributed by atoms with Crippen LogP contribution in [-0.4, -0.2) is 14.8 Å². The molecule has 1 aromatic heterocycles. The van der Waals surface area contributed by atoms with E-state index < -0.39 is 0 Å². The van der Waals surface area contributed by atoms with Crippen LogP contribution in [-0.2, 0) is 6.54 Å². The van der Waals surface area contributed by atoms with Crippen molar-refractivity contribution >= 4 is 0 Å². The molecule has 0 saturated heterocycles. The molecule has 1 aromatic carbocycles. The number of aromatic nitrogens is 3. The molecule has 2 aromatic rings. The Kier molecular flexibility index (Phi) is 4.54. The van der Waals surface area contributed by atoms with Crippen molar-refractivity contribution in [3.8, 4) is 0 Å². The van der Waals surface area contributed by atoms with Crippen molar-refractivity contribution in [3.63, 3.8) is 0 Å². The van der Waals surface area contributed by atoms with Gasteiger partial charge in [0.1, 0.15) is 12.7 Å². The maximum Gasteiger partial charge on any atom is 0.137 e. The third-order valence-corrected chi connectivity index (χ3v) is 1.93. The van der Waals surface area contributed by atoms with Crippen LogP contribution in [0.2, 0.25) is 0 Å². The molecule has 0 bridgehead atoms. The van der Waals surface area contributed by atoms with Crippen LogP contribution in [0.15, 0.2) is 36.9 Å². The normalized spacial score (nSPS) is 9.27. The lowest BCUT2D eigenvalue weighted by molar-refractivity contribution is 0.685. The van der Waals surface area contributed by atoms with Gasteiger partial charge in [0.25, 0.3) is 0 Å². The maximum atomic E-state index is 4.04. The first kappa shape index (κ1) is 11.4. The van der Waals surface area contributed by atoms with Crippen molar-refractivity contribution in [2.75, 3.05) is 0 Å². The first-order valence-corrected chi connectivity index (χ1v) is 5.22. The Morgan fingerprint density at radius 2 is 1.80 bits per heavy atom. The summed E-state index contributed by atoms with van der Waals surface area (Å²) in [6, 6.07) is 8.42. The molecule has 0 atom stereocenters. The van der Waals surface area contributed by atoms with Crippen LogP contribution < -0.4 is 0 Å².